The Labute approximate surface area is 180 Å². The van der Waals surface area contributed by atoms with Gasteiger partial charge in [-0.3, -0.25) is 14.2 Å². The predicted molar refractivity (Wildman–Crippen MR) is 118 cm³/mol. The van der Waals surface area contributed by atoms with Gasteiger partial charge in [-0.2, -0.15) is 0 Å². The van der Waals surface area contributed by atoms with E-state index < -0.39 is 5.91 Å². The number of carbonyl (C=O) groups excluding carboxylic acids is 2. The highest BCUT2D eigenvalue weighted by atomic mass is 32.2. The SMILES string of the molecule is NC(=O)Cc1ccc(C(=O)CSc2nnc(-c3c[nH]c4ccccc34)n2C2CC2)s1. The monoisotopic (exact) mass is 437 g/mol. The molecule has 0 spiro atoms. The first-order valence-corrected chi connectivity index (χ1v) is 11.4. The maximum atomic E-state index is 12.6. The average Bonchev–Trinajstić information content (AvgIpc) is 3.14. The second-order valence-corrected chi connectivity index (χ2v) is 9.39. The Morgan fingerprint density at radius 3 is 2.83 bits per heavy atom. The molecule has 7 nitrogen and oxygen atoms in total. The summed E-state index contributed by atoms with van der Waals surface area (Å²) in [6, 6.07) is 12.1. The summed E-state index contributed by atoms with van der Waals surface area (Å²) in [5.74, 6) is 0.729. The second kappa shape index (κ2) is 7.73. The number of Topliss-reactive ketones (excluding diaryl/α,β-unsaturated/α-hetero) is 1. The highest BCUT2D eigenvalue weighted by Gasteiger charge is 2.31. The number of rotatable bonds is 8. The number of aromatic amines is 1. The van der Waals surface area contributed by atoms with E-state index >= 15 is 0 Å². The Kier molecular flexibility index (Phi) is 4.92. The van der Waals surface area contributed by atoms with Gasteiger partial charge < -0.3 is 10.7 Å². The summed E-state index contributed by atoms with van der Waals surface area (Å²) >= 11 is 2.73. The third-order valence-electron chi connectivity index (χ3n) is 5.02. The van der Waals surface area contributed by atoms with E-state index in [9.17, 15) is 9.59 Å². The van der Waals surface area contributed by atoms with Crippen LogP contribution in [-0.4, -0.2) is 37.2 Å². The number of nitrogens with two attached hydrogens (primary N) is 1. The molecule has 0 radical (unpaired) electrons. The molecule has 1 fully saturated rings. The number of primary amides is 1. The quantitative estimate of drug-likeness (QED) is 0.322. The van der Waals surface area contributed by atoms with Gasteiger partial charge in [0.25, 0.3) is 0 Å². The molecule has 30 heavy (non-hydrogen) atoms. The number of amides is 1. The van der Waals surface area contributed by atoms with Crippen LogP contribution in [-0.2, 0) is 11.2 Å². The largest absolute Gasteiger partial charge is 0.369 e. The smallest absolute Gasteiger partial charge is 0.222 e. The van der Waals surface area contributed by atoms with Crippen LogP contribution >= 0.6 is 23.1 Å². The minimum atomic E-state index is -0.396. The number of para-hydroxylation sites is 1. The third kappa shape index (κ3) is 3.66. The van der Waals surface area contributed by atoms with Crippen LogP contribution in [0, 0.1) is 0 Å². The van der Waals surface area contributed by atoms with Crippen molar-refractivity contribution in [2.45, 2.75) is 30.5 Å². The van der Waals surface area contributed by atoms with Gasteiger partial charge in [0.05, 0.1) is 17.1 Å². The average molecular weight is 438 g/mol. The lowest BCUT2D eigenvalue weighted by Crippen LogP contribution is -2.12. The molecule has 1 saturated carbocycles. The van der Waals surface area contributed by atoms with Crippen LogP contribution in [0.3, 0.4) is 0 Å². The molecule has 3 aromatic heterocycles. The molecular weight excluding hydrogens is 418 g/mol. The number of hydrogen-bond acceptors (Lipinski definition) is 6. The molecule has 1 aliphatic carbocycles. The van der Waals surface area contributed by atoms with Gasteiger partial charge in [0.15, 0.2) is 16.8 Å². The van der Waals surface area contributed by atoms with E-state index in [1.165, 1.54) is 23.1 Å². The zero-order chi connectivity index (χ0) is 20.7. The number of thiophene rings is 1. The van der Waals surface area contributed by atoms with E-state index in [1.54, 1.807) is 12.1 Å². The van der Waals surface area contributed by atoms with Gasteiger partial charge in [0.1, 0.15) is 0 Å². The number of thioether (sulfide) groups is 1. The van der Waals surface area contributed by atoms with E-state index in [4.69, 9.17) is 5.73 Å². The van der Waals surface area contributed by atoms with Gasteiger partial charge in [-0.15, -0.1) is 21.5 Å². The van der Waals surface area contributed by atoms with E-state index in [2.05, 4.69) is 25.8 Å². The maximum Gasteiger partial charge on any atom is 0.222 e. The first-order chi connectivity index (χ1) is 14.6. The number of aromatic nitrogens is 4. The zero-order valence-corrected chi connectivity index (χ0v) is 17.6. The standard InChI is InChI=1S/C21H19N5O2S2/c22-19(28)9-13-7-8-18(30-13)17(27)11-29-21-25-24-20(26(21)12-5-6-12)15-10-23-16-4-2-1-3-14(15)16/h1-4,7-8,10,12,23H,5-6,9,11H2,(H2,22,28). The number of nitrogens with zero attached hydrogens (tertiary/aromatic N) is 3. The molecule has 0 unspecified atom stereocenters. The molecular formula is C21H19N5O2S2. The highest BCUT2D eigenvalue weighted by Crippen LogP contribution is 2.42. The molecule has 3 N–H and O–H groups in total. The van der Waals surface area contributed by atoms with E-state index in [-0.39, 0.29) is 18.0 Å². The van der Waals surface area contributed by atoms with Crippen LogP contribution in [0.15, 0.2) is 47.8 Å². The van der Waals surface area contributed by atoms with Gasteiger partial charge in [0.2, 0.25) is 5.91 Å². The molecule has 0 aliphatic heterocycles. The van der Waals surface area contributed by atoms with Crippen molar-refractivity contribution in [2.24, 2.45) is 5.73 Å². The van der Waals surface area contributed by atoms with Gasteiger partial charge in [0, 0.05) is 33.6 Å². The fourth-order valence-electron chi connectivity index (χ4n) is 3.47. The molecule has 5 rings (SSSR count). The minimum absolute atomic E-state index is 0.0136. The van der Waals surface area contributed by atoms with Gasteiger partial charge >= 0.3 is 0 Å². The summed E-state index contributed by atoms with van der Waals surface area (Å²) in [6.07, 6.45) is 4.32. The van der Waals surface area contributed by atoms with Crippen molar-refractivity contribution in [1.29, 1.82) is 0 Å². The summed E-state index contributed by atoms with van der Waals surface area (Å²) in [6.45, 7) is 0. The van der Waals surface area contributed by atoms with Gasteiger partial charge in [-0.05, 0) is 31.0 Å². The van der Waals surface area contributed by atoms with Crippen molar-refractivity contribution in [2.75, 3.05) is 5.75 Å². The number of fused-ring (bicyclic) bond motifs is 1. The topological polar surface area (TPSA) is 107 Å². The van der Waals surface area contributed by atoms with Crippen molar-refractivity contribution < 1.29 is 9.59 Å². The van der Waals surface area contributed by atoms with Gasteiger partial charge in [-0.25, -0.2) is 0 Å². The zero-order valence-electron chi connectivity index (χ0n) is 16.0. The molecule has 9 heteroatoms. The number of benzene rings is 1. The van der Waals surface area contributed by atoms with Crippen molar-refractivity contribution in [3.8, 4) is 11.4 Å². The minimum Gasteiger partial charge on any atom is -0.369 e. The Morgan fingerprint density at radius 1 is 1.20 bits per heavy atom. The molecule has 1 aromatic carbocycles. The van der Waals surface area contributed by atoms with E-state index in [0.29, 0.717) is 10.9 Å². The highest BCUT2D eigenvalue weighted by molar-refractivity contribution is 7.99. The normalized spacial score (nSPS) is 13.7. The first kappa shape index (κ1) is 19.1. The lowest BCUT2D eigenvalue weighted by atomic mass is 10.1. The number of H-pyrrole nitrogens is 1. The van der Waals surface area contributed by atoms with Crippen molar-refractivity contribution in [1.82, 2.24) is 19.7 Å². The molecule has 152 valence electrons. The van der Waals surface area contributed by atoms with E-state index in [1.807, 2.05) is 24.4 Å². The molecule has 4 aromatic rings. The summed E-state index contributed by atoms with van der Waals surface area (Å²) in [5.41, 5.74) is 7.32. The number of carbonyl (C=O) groups is 2. The Hall–Kier alpha value is -2.91. The Bertz CT molecular complexity index is 1250. The molecule has 0 atom stereocenters. The molecule has 0 saturated heterocycles. The fourth-order valence-corrected chi connectivity index (χ4v) is 5.41. The Morgan fingerprint density at radius 2 is 2.03 bits per heavy atom. The van der Waals surface area contributed by atoms with E-state index in [0.717, 1.165) is 45.2 Å². The maximum absolute atomic E-state index is 12.6. The van der Waals surface area contributed by atoms with Gasteiger partial charge in [-0.1, -0.05) is 30.0 Å². The third-order valence-corrected chi connectivity index (χ3v) is 7.09. The van der Waals surface area contributed by atoms with Crippen LogP contribution in [0.5, 0.6) is 0 Å². The number of hydrogen-bond donors (Lipinski definition) is 2. The van der Waals surface area contributed by atoms with Crippen LogP contribution in [0.4, 0.5) is 0 Å². The van der Waals surface area contributed by atoms with Crippen LogP contribution in [0.25, 0.3) is 22.3 Å². The second-order valence-electron chi connectivity index (χ2n) is 7.28. The molecule has 1 aliphatic rings. The summed E-state index contributed by atoms with van der Waals surface area (Å²) in [7, 11) is 0. The summed E-state index contributed by atoms with van der Waals surface area (Å²) < 4.78 is 2.17. The number of ketones is 1. The molecule has 1 amide bonds. The van der Waals surface area contributed by atoms with Crippen molar-refractivity contribution in [3.63, 3.8) is 0 Å². The van der Waals surface area contributed by atoms with Crippen molar-refractivity contribution >= 4 is 45.7 Å². The summed E-state index contributed by atoms with van der Waals surface area (Å²) in [4.78, 5) is 28.4. The van der Waals surface area contributed by atoms with Crippen LogP contribution in [0.1, 0.15) is 33.4 Å². The molecule has 0 bridgehead atoms. The predicted octanol–water partition coefficient (Wildman–Crippen LogP) is 3.83. The first-order valence-electron chi connectivity index (χ1n) is 9.64. The molecule has 3 heterocycles. The lowest BCUT2D eigenvalue weighted by Gasteiger charge is -2.08. The van der Waals surface area contributed by atoms with Crippen LogP contribution in [0.2, 0.25) is 0 Å². The number of nitrogens with one attached hydrogen (secondary N) is 1. The van der Waals surface area contributed by atoms with Crippen molar-refractivity contribution in [3.05, 3.63) is 52.3 Å². The summed E-state index contributed by atoms with van der Waals surface area (Å²) in [5, 5.41) is 10.7. The van der Waals surface area contributed by atoms with Crippen LogP contribution < -0.4 is 5.73 Å². The lowest BCUT2D eigenvalue weighted by molar-refractivity contribution is -0.117. The Balaban J connectivity index is 1.37. The fraction of sp³-hybridized carbons (Fsp3) is 0.238.